The molecule has 1 heterocycles. The molecule has 1 fully saturated rings. The minimum atomic E-state index is -1.06. The number of carbonyl (C=O) groups is 5. The van der Waals surface area contributed by atoms with Crippen molar-refractivity contribution in [3.63, 3.8) is 0 Å². The summed E-state index contributed by atoms with van der Waals surface area (Å²) in [5.41, 5.74) is 0.402. The van der Waals surface area contributed by atoms with Gasteiger partial charge in [0.1, 0.15) is 23.8 Å². The summed E-state index contributed by atoms with van der Waals surface area (Å²) in [4.78, 5) is 66.1. The number of aliphatic hydroxyl groups is 1. The molecule has 306 valence electrons. The summed E-state index contributed by atoms with van der Waals surface area (Å²) in [5.74, 6) is -1.66. The van der Waals surface area contributed by atoms with Gasteiger partial charge in [-0.2, -0.15) is 11.8 Å². The smallest absolute Gasteiger partial charge is 0.408 e. The summed E-state index contributed by atoms with van der Waals surface area (Å²) in [6.07, 6.45) is 2.19. The highest BCUT2D eigenvalue weighted by atomic mass is 32.2. The molecule has 0 radical (unpaired) electrons. The van der Waals surface area contributed by atoms with Gasteiger partial charge in [0, 0.05) is 12.3 Å². The third kappa shape index (κ3) is 16.6. The van der Waals surface area contributed by atoms with E-state index < -0.39 is 65.8 Å². The summed E-state index contributed by atoms with van der Waals surface area (Å²) in [6.45, 7) is 18.4. The molecule has 0 aromatic heterocycles. The molecule has 8 atom stereocenters. The van der Waals surface area contributed by atoms with Gasteiger partial charge in [-0.15, -0.1) is 0 Å². The summed E-state index contributed by atoms with van der Waals surface area (Å²) in [6, 6.07) is 7.05. The Bertz CT molecular complexity index is 1350. The van der Waals surface area contributed by atoms with Crippen LogP contribution in [0.5, 0.6) is 0 Å². The molecule has 0 unspecified atom stereocenters. The maximum absolute atomic E-state index is 13.8. The lowest BCUT2D eigenvalue weighted by atomic mass is 9.84. The molecular formula is C41H68N4O8S. The van der Waals surface area contributed by atoms with E-state index in [1.807, 2.05) is 64.3 Å². The van der Waals surface area contributed by atoms with Crippen LogP contribution in [0.4, 0.5) is 4.79 Å². The zero-order valence-corrected chi connectivity index (χ0v) is 35.2. The van der Waals surface area contributed by atoms with E-state index >= 15 is 0 Å². The van der Waals surface area contributed by atoms with E-state index in [0.717, 1.165) is 12.0 Å². The van der Waals surface area contributed by atoms with Crippen molar-refractivity contribution in [2.45, 2.75) is 150 Å². The maximum Gasteiger partial charge on any atom is 0.408 e. The molecule has 0 saturated carbocycles. The van der Waals surface area contributed by atoms with Gasteiger partial charge in [-0.25, -0.2) is 4.79 Å². The minimum Gasteiger partial charge on any atom is -0.460 e. The van der Waals surface area contributed by atoms with Crippen LogP contribution >= 0.6 is 11.8 Å². The average Bonchev–Trinajstić information content (AvgIpc) is 3.06. The Hall–Kier alpha value is -3.32. The first kappa shape index (κ1) is 46.8. The Morgan fingerprint density at radius 2 is 1.54 bits per heavy atom. The number of carbonyl (C=O) groups excluding carboxylic acids is 5. The van der Waals surface area contributed by atoms with E-state index in [4.69, 9.17) is 9.47 Å². The predicted molar refractivity (Wildman–Crippen MR) is 214 cm³/mol. The van der Waals surface area contributed by atoms with Gasteiger partial charge in [0.15, 0.2) is 0 Å². The van der Waals surface area contributed by atoms with Gasteiger partial charge in [0.05, 0.1) is 18.2 Å². The average molecular weight is 777 g/mol. The lowest BCUT2D eigenvalue weighted by molar-refractivity contribution is -0.160. The SMILES string of the molecule is CSCC[C@H](NC(=O)[C@@H](NC(=O)OC(C)(C)C)C(C)C)C(=O)N[C@@H](CC(C)C)[C@@H](O)C[C@@H](C)C(=O)N[C@@H](C(C)C)[C@H]1C[C@@H](Cc2ccccc2)CC(=O)O1. The highest BCUT2D eigenvalue weighted by Gasteiger charge is 2.38. The molecule has 1 aliphatic heterocycles. The summed E-state index contributed by atoms with van der Waals surface area (Å²) in [7, 11) is 0. The standard InChI is InChI=1S/C41H68N4O8S/c1-24(2)19-31(43-38(49)30(17-18-54-11)42-39(50)36(26(5)6)45-40(51)53-41(8,9)10)32(46)20-27(7)37(48)44-35(25(3)4)33-22-29(23-34(47)52-33)21-28-15-13-12-14-16-28/h12-16,24-27,29-33,35-36,46H,17-23H2,1-11H3,(H,42,50)(H,43,49)(H,44,48)(H,45,51)/t27-,29-,30+,31+,32+,33-,35+,36+/m1/s1. The van der Waals surface area contributed by atoms with Crippen molar-refractivity contribution in [1.82, 2.24) is 21.3 Å². The second-order valence-corrected chi connectivity index (χ2v) is 17.9. The molecule has 13 heteroatoms. The van der Waals surface area contributed by atoms with Crippen LogP contribution in [-0.2, 0) is 35.1 Å². The van der Waals surface area contributed by atoms with E-state index in [-0.39, 0.29) is 42.0 Å². The Kier molecular flexibility index (Phi) is 19.3. The largest absolute Gasteiger partial charge is 0.460 e. The zero-order chi connectivity index (χ0) is 40.7. The van der Waals surface area contributed by atoms with Crippen LogP contribution < -0.4 is 21.3 Å². The van der Waals surface area contributed by atoms with E-state index in [0.29, 0.717) is 31.4 Å². The molecule has 0 bridgehead atoms. The fraction of sp³-hybridized carbons (Fsp3) is 0.732. The topological polar surface area (TPSA) is 172 Å². The first-order valence-corrected chi connectivity index (χ1v) is 20.9. The van der Waals surface area contributed by atoms with Crippen LogP contribution in [-0.4, -0.2) is 88.9 Å². The summed E-state index contributed by atoms with van der Waals surface area (Å²) < 4.78 is 11.2. The number of alkyl carbamates (subject to hydrolysis) is 1. The van der Waals surface area contributed by atoms with Crippen molar-refractivity contribution in [3.05, 3.63) is 35.9 Å². The first-order valence-electron chi connectivity index (χ1n) is 19.5. The molecule has 0 aliphatic carbocycles. The van der Waals surface area contributed by atoms with Gasteiger partial charge >= 0.3 is 12.1 Å². The summed E-state index contributed by atoms with van der Waals surface area (Å²) >= 11 is 1.53. The molecule has 12 nitrogen and oxygen atoms in total. The molecule has 54 heavy (non-hydrogen) atoms. The number of thioether (sulfide) groups is 1. The second kappa shape index (κ2) is 22.3. The van der Waals surface area contributed by atoms with Crippen LogP contribution in [0.1, 0.15) is 107 Å². The van der Waals surface area contributed by atoms with Crippen LogP contribution in [0.25, 0.3) is 0 Å². The normalized spacial score (nSPS) is 19.6. The van der Waals surface area contributed by atoms with E-state index in [1.54, 1.807) is 41.5 Å². The molecule has 1 saturated heterocycles. The Morgan fingerprint density at radius 1 is 0.889 bits per heavy atom. The molecule has 2 rings (SSSR count). The molecule has 1 aliphatic rings. The van der Waals surface area contributed by atoms with Crippen LogP contribution in [0.3, 0.4) is 0 Å². The van der Waals surface area contributed by atoms with Crippen LogP contribution in [0.2, 0.25) is 0 Å². The minimum absolute atomic E-state index is 0.0182. The monoisotopic (exact) mass is 776 g/mol. The number of hydrogen-bond donors (Lipinski definition) is 5. The van der Waals surface area contributed by atoms with Gasteiger partial charge < -0.3 is 35.8 Å². The van der Waals surface area contributed by atoms with Gasteiger partial charge in [-0.3, -0.25) is 19.2 Å². The number of nitrogens with one attached hydrogen (secondary N) is 4. The second-order valence-electron chi connectivity index (χ2n) is 17.0. The maximum atomic E-state index is 13.8. The van der Waals surface area contributed by atoms with Gasteiger partial charge in [0.25, 0.3) is 0 Å². The van der Waals surface area contributed by atoms with Crippen molar-refractivity contribution < 1.29 is 38.6 Å². The number of esters is 1. The fourth-order valence-electron chi connectivity index (χ4n) is 6.70. The number of hydrogen-bond acceptors (Lipinski definition) is 9. The van der Waals surface area contributed by atoms with E-state index in [1.165, 1.54) is 11.8 Å². The highest BCUT2D eigenvalue weighted by molar-refractivity contribution is 7.98. The molecule has 5 N–H and O–H groups in total. The van der Waals surface area contributed by atoms with Crippen molar-refractivity contribution >= 4 is 41.5 Å². The van der Waals surface area contributed by atoms with Gasteiger partial charge in [0.2, 0.25) is 17.7 Å². The van der Waals surface area contributed by atoms with Crippen molar-refractivity contribution in [3.8, 4) is 0 Å². The molecule has 1 aromatic rings. The molecule has 4 amide bonds. The number of rotatable bonds is 20. The van der Waals surface area contributed by atoms with Gasteiger partial charge in [-0.1, -0.05) is 78.8 Å². The fourth-order valence-corrected chi connectivity index (χ4v) is 7.17. The van der Waals surface area contributed by atoms with Crippen molar-refractivity contribution in [2.24, 2.45) is 29.6 Å². The third-order valence-corrected chi connectivity index (χ3v) is 10.2. The van der Waals surface area contributed by atoms with Crippen molar-refractivity contribution in [1.29, 1.82) is 0 Å². The van der Waals surface area contributed by atoms with E-state index in [2.05, 4.69) is 21.3 Å². The number of ether oxygens (including phenoxy) is 2. The predicted octanol–water partition coefficient (Wildman–Crippen LogP) is 5.40. The number of amides is 4. The van der Waals surface area contributed by atoms with E-state index in [9.17, 15) is 29.1 Å². The first-order chi connectivity index (χ1) is 25.2. The Balaban J connectivity index is 2.13. The molecule has 0 spiro atoms. The van der Waals surface area contributed by atoms with Crippen molar-refractivity contribution in [2.75, 3.05) is 12.0 Å². The Morgan fingerprint density at radius 3 is 2.09 bits per heavy atom. The zero-order valence-electron chi connectivity index (χ0n) is 34.4. The summed E-state index contributed by atoms with van der Waals surface area (Å²) in [5, 5.41) is 23.1. The van der Waals surface area contributed by atoms with Crippen LogP contribution in [0, 0.1) is 29.6 Å². The number of benzene rings is 1. The Labute approximate surface area is 327 Å². The quantitative estimate of drug-likeness (QED) is 0.109. The third-order valence-electron chi connectivity index (χ3n) is 9.52. The lowest BCUT2D eigenvalue weighted by Gasteiger charge is -2.37. The highest BCUT2D eigenvalue weighted by Crippen LogP contribution is 2.29. The van der Waals surface area contributed by atoms with Crippen LogP contribution in [0.15, 0.2) is 30.3 Å². The number of aliphatic hydroxyl groups excluding tert-OH is 1. The number of cyclic esters (lactones) is 1. The molecular weight excluding hydrogens is 709 g/mol. The lowest BCUT2D eigenvalue weighted by Crippen LogP contribution is -2.58. The van der Waals surface area contributed by atoms with Gasteiger partial charge in [-0.05, 0) is 94.1 Å². The molecule has 1 aromatic carbocycles.